The Morgan fingerprint density at radius 1 is 1.56 bits per heavy atom. The predicted molar refractivity (Wildman–Crippen MR) is 39.3 cm³/mol. The number of rotatable bonds is 1. The summed E-state index contributed by atoms with van der Waals surface area (Å²) in [6.45, 7) is 5.57. The Morgan fingerprint density at radius 2 is 2.33 bits per heavy atom. The second-order valence-electron chi connectivity index (χ2n) is 2.74. The molecule has 1 fully saturated rings. The van der Waals surface area contributed by atoms with Gasteiger partial charge in [0, 0.05) is 6.04 Å². The Labute approximate surface area is 57.0 Å². The van der Waals surface area contributed by atoms with Crippen LogP contribution in [-0.2, 0) is 0 Å². The van der Waals surface area contributed by atoms with Gasteiger partial charge in [0.15, 0.2) is 0 Å². The molecule has 2 heteroatoms. The minimum atomic E-state index is 0.517. The lowest BCUT2D eigenvalue weighted by Crippen LogP contribution is -2.51. The van der Waals surface area contributed by atoms with E-state index in [0.29, 0.717) is 6.17 Å². The standard InChI is InChI=1S/C7H16N2/c1-3-7-4-5-8-6(2)9-7/h6-9H,3-5H2,1-2H3. The lowest BCUT2D eigenvalue weighted by molar-refractivity contribution is 0.310. The van der Waals surface area contributed by atoms with Crippen molar-refractivity contribution in [2.75, 3.05) is 6.54 Å². The maximum Gasteiger partial charge on any atom is 0.0544 e. The van der Waals surface area contributed by atoms with Crippen LogP contribution in [0.5, 0.6) is 0 Å². The van der Waals surface area contributed by atoms with Gasteiger partial charge in [-0.1, -0.05) is 6.92 Å². The number of nitrogens with one attached hydrogen (secondary N) is 2. The Hall–Kier alpha value is -0.0800. The molecule has 2 N–H and O–H groups in total. The van der Waals surface area contributed by atoms with E-state index in [2.05, 4.69) is 24.5 Å². The van der Waals surface area contributed by atoms with Crippen molar-refractivity contribution in [3.05, 3.63) is 0 Å². The van der Waals surface area contributed by atoms with Gasteiger partial charge in [-0.15, -0.1) is 0 Å². The molecule has 1 heterocycles. The van der Waals surface area contributed by atoms with Crippen LogP contribution in [0.4, 0.5) is 0 Å². The Kier molecular flexibility index (Phi) is 2.49. The van der Waals surface area contributed by atoms with E-state index in [4.69, 9.17) is 0 Å². The van der Waals surface area contributed by atoms with Crippen molar-refractivity contribution < 1.29 is 0 Å². The summed E-state index contributed by atoms with van der Waals surface area (Å²) in [5.41, 5.74) is 0. The van der Waals surface area contributed by atoms with Gasteiger partial charge in [-0.3, -0.25) is 5.32 Å². The molecule has 1 rings (SSSR count). The van der Waals surface area contributed by atoms with E-state index in [1.165, 1.54) is 19.4 Å². The molecule has 1 aliphatic rings. The van der Waals surface area contributed by atoms with Gasteiger partial charge < -0.3 is 5.32 Å². The largest absolute Gasteiger partial charge is 0.302 e. The minimum Gasteiger partial charge on any atom is -0.302 e. The minimum absolute atomic E-state index is 0.517. The van der Waals surface area contributed by atoms with E-state index in [9.17, 15) is 0 Å². The van der Waals surface area contributed by atoms with Crippen LogP contribution in [0, 0.1) is 0 Å². The molecule has 0 aromatic rings. The summed E-state index contributed by atoms with van der Waals surface area (Å²) in [5.74, 6) is 0. The van der Waals surface area contributed by atoms with Crippen molar-refractivity contribution in [2.45, 2.75) is 38.9 Å². The van der Waals surface area contributed by atoms with Gasteiger partial charge in [0.05, 0.1) is 6.17 Å². The molecule has 0 amide bonds. The molecule has 2 nitrogen and oxygen atoms in total. The van der Waals surface area contributed by atoms with Crippen LogP contribution < -0.4 is 10.6 Å². The van der Waals surface area contributed by atoms with Crippen molar-refractivity contribution in [3.63, 3.8) is 0 Å². The van der Waals surface area contributed by atoms with Crippen LogP contribution in [-0.4, -0.2) is 18.8 Å². The van der Waals surface area contributed by atoms with Crippen LogP contribution in [0.25, 0.3) is 0 Å². The number of hydrogen-bond acceptors (Lipinski definition) is 2. The topological polar surface area (TPSA) is 24.1 Å². The maximum absolute atomic E-state index is 3.45. The van der Waals surface area contributed by atoms with Crippen LogP contribution in [0.3, 0.4) is 0 Å². The average molecular weight is 128 g/mol. The fourth-order valence-electron chi connectivity index (χ4n) is 1.29. The summed E-state index contributed by atoms with van der Waals surface area (Å²) in [6.07, 6.45) is 3.05. The zero-order valence-electron chi connectivity index (χ0n) is 6.28. The van der Waals surface area contributed by atoms with E-state index in [0.717, 1.165) is 6.04 Å². The second kappa shape index (κ2) is 3.18. The van der Waals surface area contributed by atoms with Crippen molar-refractivity contribution in [1.82, 2.24) is 10.6 Å². The van der Waals surface area contributed by atoms with Crippen LogP contribution in [0.1, 0.15) is 26.7 Å². The highest BCUT2D eigenvalue weighted by Gasteiger charge is 2.13. The van der Waals surface area contributed by atoms with Crippen molar-refractivity contribution in [3.8, 4) is 0 Å². The van der Waals surface area contributed by atoms with Crippen molar-refractivity contribution in [2.24, 2.45) is 0 Å². The molecule has 2 unspecified atom stereocenters. The first kappa shape index (κ1) is 7.03. The van der Waals surface area contributed by atoms with Gasteiger partial charge in [0.2, 0.25) is 0 Å². The average Bonchev–Trinajstić information content (AvgIpc) is 1.88. The highest BCUT2D eigenvalue weighted by atomic mass is 15.2. The summed E-state index contributed by atoms with van der Waals surface area (Å²) < 4.78 is 0. The van der Waals surface area contributed by atoms with Crippen molar-refractivity contribution in [1.29, 1.82) is 0 Å². The zero-order chi connectivity index (χ0) is 6.69. The molecule has 0 aliphatic carbocycles. The number of hydrogen-bond donors (Lipinski definition) is 2. The Balaban J connectivity index is 2.23. The third-order valence-corrected chi connectivity index (χ3v) is 1.92. The maximum atomic E-state index is 3.45. The monoisotopic (exact) mass is 128 g/mol. The quantitative estimate of drug-likeness (QED) is 0.543. The fraction of sp³-hybridized carbons (Fsp3) is 1.00. The predicted octanol–water partition coefficient (Wildman–Crippen LogP) is 0.694. The first-order chi connectivity index (χ1) is 4.33. The SMILES string of the molecule is CCC1CCNC(C)N1. The summed E-state index contributed by atoms with van der Waals surface area (Å²) in [6, 6.07) is 0.751. The van der Waals surface area contributed by atoms with Crippen LogP contribution >= 0.6 is 0 Å². The normalized spacial score (nSPS) is 36.7. The summed E-state index contributed by atoms with van der Waals surface area (Å²) in [4.78, 5) is 0. The van der Waals surface area contributed by atoms with Gasteiger partial charge in [0.25, 0.3) is 0 Å². The highest BCUT2D eigenvalue weighted by molar-refractivity contribution is 4.75. The molecule has 0 bridgehead atoms. The molecule has 0 radical (unpaired) electrons. The molecule has 1 aliphatic heterocycles. The smallest absolute Gasteiger partial charge is 0.0544 e. The molecule has 0 aromatic heterocycles. The lowest BCUT2D eigenvalue weighted by atomic mass is 10.1. The molecule has 0 saturated carbocycles. The molecule has 1 saturated heterocycles. The zero-order valence-corrected chi connectivity index (χ0v) is 6.28. The second-order valence-corrected chi connectivity index (χ2v) is 2.74. The molecule has 54 valence electrons. The van der Waals surface area contributed by atoms with E-state index in [1.54, 1.807) is 0 Å². The van der Waals surface area contributed by atoms with Crippen LogP contribution in [0.15, 0.2) is 0 Å². The molecule has 2 atom stereocenters. The van der Waals surface area contributed by atoms with E-state index < -0.39 is 0 Å². The molecule has 0 spiro atoms. The van der Waals surface area contributed by atoms with Gasteiger partial charge in [-0.25, -0.2) is 0 Å². The Morgan fingerprint density at radius 3 is 2.78 bits per heavy atom. The molecular weight excluding hydrogens is 112 g/mol. The third-order valence-electron chi connectivity index (χ3n) is 1.92. The van der Waals surface area contributed by atoms with Gasteiger partial charge in [0.1, 0.15) is 0 Å². The van der Waals surface area contributed by atoms with Crippen molar-refractivity contribution >= 4 is 0 Å². The Bertz CT molecular complexity index is 83.0. The van der Waals surface area contributed by atoms with Gasteiger partial charge in [-0.2, -0.15) is 0 Å². The molecule has 9 heavy (non-hydrogen) atoms. The first-order valence-electron chi connectivity index (χ1n) is 3.82. The highest BCUT2D eigenvalue weighted by Crippen LogP contribution is 2.01. The third kappa shape index (κ3) is 1.95. The first-order valence-corrected chi connectivity index (χ1v) is 3.82. The van der Waals surface area contributed by atoms with E-state index in [-0.39, 0.29) is 0 Å². The van der Waals surface area contributed by atoms with E-state index >= 15 is 0 Å². The van der Waals surface area contributed by atoms with Gasteiger partial charge in [-0.05, 0) is 26.3 Å². The van der Waals surface area contributed by atoms with E-state index in [1.807, 2.05) is 0 Å². The summed E-state index contributed by atoms with van der Waals surface area (Å²) >= 11 is 0. The van der Waals surface area contributed by atoms with Crippen LogP contribution in [0.2, 0.25) is 0 Å². The lowest BCUT2D eigenvalue weighted by Gasteiger charge is -2.28. The fourth-order valence-corrected chi connectivity index (χ4v) is 1.29. The summed E-state index contributed by atoms with van der Waals surface area (Å²) in [5, 5.41) is 6.79. The summed E-state index contributed by atoms with van der Waals surface area (Å²) in [7, 11) is 0. The van der Waals surface area contributed by atoms with Gasteiger partial charge >= 0.3 is 0 Å². The molecule has 0 aromatic carbocycles. The molecular formula is C7H16N2.